The van der Waals surface area contributed by atoms with Crippen molar-refractivity contribution in [3.63, 3.8) is 0 Å². The lowest BCUT2D eigenvalue weighted by molar-refractivity contribution is 0.441. The fourth-order valence-electron chi connectivity index (χ4n) is 1.84. The highest BCUT2D eigenvalue weighted by molar-refractivity contribution is 5.24. The SMILES string of the molecule is C=CCCC(NCCC)c1c(F)cc(F)cc1F. The van der Waals surface area contributed by atoms with Crippen molar-refractivity contribution in [2.45, 2.75) is 32.2 Å². The summed E-state index contributed by atoms with van der Waals surface area (Å²) in [6.45, 7) is 6.21. The average molecular weight is 257 g/mol. The normalized spacial score (nSPS) is 12.4. The summed E-state index contributed by atoms with van der Waals surface area (Å²) in [5.74, 6) is -2.58. The molecule has 0 fully saturated rings. The van der Waals surface area contributed by atoms with Gasteiger partial charge in [0.25, 0.3) is 0 Å². The van der Waals surface area contributed by atoms with Crippen LogP contribution in [0, 0.1) is 17.5 Å². The molecule has 100 valence electrons. The van der Waals surface area contributed by atoms with Gasteiger partial charge >= 0.3 is 0 Å². The van der Waals surface area contributed by atoms with E-state index in [0.29, 0.717) is 31.5 Å². The smallest absolute Gasteiger partial charge is 0.133 e. The molecule has 1 N–H and O–H groups in total. The van der Waals surface area contributed by atoms with Gasteiger partial charge in [0.05, 0.1) is 0 Å². The maximum Gasteiger partial charge on any atom is 0.133 e. The Labute approximate surface area is 106 Å². The van der Waals surface area contributed by atoms with Crippen molar-refractivity contribution in [2.24, 2.45) is 0 Å². The maximum absolute atomic E-state index is 13.7. The summed E-state index contributed by atoms with van der Waals surface area (Å²) in [7, 11) is 0. The molecule has 1 unspecified atom stereocenters. The number of benzene rings is 1. The zero-order valence-electron chi connectivity index (χ0n) is 10.5. The van der Waals surface area contributed by atoms with Crippen LogP contribution >= 0.6 is 0 Å². The second-order valence-corrected chi connectivity index (χ2v) is 4.16. The monoisotopic (exact) mass is 257 g/mol. The van der Waals surface area contributed by atoms with Crippen molar-refractivity contribution in [3.05, 3.63) is 47.8 Å². The molecule has 1 nitrogen and oxygen atoms in total. The molecule has 1 aromatic carbocycles. The van der Waals surface area contributed by atoms with Gasteiger partial charge < -0.3 is 5.32 Å². The zero-order chi connectivity index (χ0) is 13.5. The first-order valence-corrected chi connectivity index (χ1v) is 6.08. The molecule has 0 bridgehead atoms. The van der Waals surface area contributed by atoms with Crippen LogP contribution in [0.1, 0.15) is 37.8 Å². The van der Waals surface area contributed by atoms with Crippen molar-refractivity contribution < 1.29 is 13.2 Å². The molecular formula is C14H18F3N. The van der Waals surface area contributed by atoms with Gasteiger partial charge in [-0.25, -0.2) is 13.2 Å². The first-order valence-electron chi connectivity index (χ1n) is 6.08. The van der Waals surface area contributed by atoms with Crippen LogP contribution in [0.25, 0.3) is 0 Å². The van der Waals surface area contributed by atoms with Crippen LogP contribution < -0.4 is 5.32 Å². The van der Waals surface area contributed by atoms with Crippen molar-refractivity contribution in [1.29, 1.82) is 0 Å². The lowest BCUT2D eigenvalue weighted by atomic mass is 10.0. The van der Waals surface area contributed by atoms with Crippen LogP contribution in [0.2, 0.25) is 0 Å². The van der Waals surface area contributed by atoms with E-state index in [1.54, 1.807) is 6.08 Å². The third kappa shape index (κ3) is 3.88. The summed E-state index contributed by atoms with van der Waals surface area (Å²) in [6, 6.07) is 0.975. The van der Waals surface area contributed by atoms with E-state index in [1.165, 1.54) is 0 Å². The van der Waals surface area contributed by atoms with Gasteiger partial charge in [-0.3, -0.25) is 0 Å². The number of rotatable bonds is 7. The van der Waals surface area contributed by atoms with Crippen LogP contribution in [0.4, 0.5) is 13.2 Å². The van der Waals surface area contributed by atoms with Crippen molar-refractivity contribution in [2.75, 3.05) is 6.54 Å². The van der Waals surface area contributed by atoms with E-state index in [2.05, 4.69) is 11.9 Å². The topological polar surface area (TPSA) is 12.0 Å². The lowest BCUT2D eigenvalue weighted by Crippen LogP contribution is -2.24. The van der Waals surface area contributed by atoms with Crippen LogP contribution in [0.15, 0.2) is 24.8 Å². The quantitative estimate of drug-likeness (QED) is 0.725. The molecule has 0 aliphatic heterocycles. The summed E-state index contributed by atoms with van der Waals surface area (Å²) in [5.41, 5.74) is -0.0910. The highest BCUT2D eigenvalue weighted by Crippen LogP contribution is 2.25. The minimum atomic E-state index is -0.897. The van der Waals surface area contributed by atoms with Gasteiger partial charge in [0.15, 0.2) is 0 Å². The van der Waals surface area contributed by atoms with Crippen LogP contribution in [-0.4, -0.2) is 6.54 Å². The van der Waals surface area contributed by atoms with Gasteiger partial charge in [-0.05, 0) is 25.8 Å². The third-order valence-electron chi connectivity index (χ3n) is 2.69. The van der Waals surface area contributed by atoms with Crippen molar-refractivity contribution in [1.82, 2.24) is 5.32 Å². The largest absolute Gasteiger partial charge is 0.310 e. The predicted molar refractivity (Wildman–Crippen MR) is 66.8 cm³/mol. The van der Waals surface area contributed by atoms with Gasteiger partial charge in [-0.15, -0.1) is 6.58 Å². The van der Waals surface area contributed by atoms with Crippen LogP contribution in [0.3, 0.4) is 0 Å². The molecule has 0 aliphatic rings. The van der Waals surface area contributed by atoms with Gasteiger partial charge in [-0.2, -0.15) is 0 Å². The summed E-state index contributed by atoms with van der Waals surface area (Å²) in [6.07, 6.45) is 3.72. The molecule has 1 rings (SSSR count). The Bertz CT molecular complexity index is 381. The van der Waals surface area contributed by atoms with E-state index < -0.39 is 23.5 Å². The second kappa shape index (κ2) is 7.21. The molecule has 0 saturated carbocycles. The number of halogens is 3. The van der Waals surface area contributed by atoms with E-state index in [4.69, 9.17) is 0 Å². The summed E-state index contributed by atoms with van der Waals surface area (Å²) < 4.78 is 40.2. The summed E-state index contributed by atoms with van der Waals surface area (Å²) in [4.78, 5) is 0. The maximum atomic E-state index is 13.7. The average Bonchev–Trinajstić information content (AvgIpc) is 2.30. The molecule has 1 atom stereocenters. The molecule has 0 saturated heterocycles. The van der Waals surface area contributed by atoms with Crippen LogP contribution in [0.5, 0.6) is 0 Å². The molecule has 18 heavy (non-hydrogen) atoms. The molecule has 0 radical (unpaired) electrons. The van der Waals surface area contributed by atoms with Gasteiger partial charge in [-0.1, -0.05) is 13.0 Å². The Morgan fingerprint density at radius 1 is 1.28 bits per heavy atom. The molecule has 0 aliphatic carbocycles. The van der Waals surface area contributed by atoms with Gasteiger partial charge in [0, 0.05) is 23.7 Å². The molecule has 0 amide bonds. The molecular weight excluding hydrogens is 239 g/mol. The molecule has 4 heteroatoms. The Kier molecular flexibility index (Phi) is 5.92. The lowest BCUT2D eigenvalue weighted by Gasteiger charge is -2.19. The molecule has 0 aromatic heterocycles. The Morgan fingerprint density at radius 2 is 1.89 bits per heavy atom. The Hall–Kier alpha value is -1.29. The second-order valence-electron chi connectivity index (χ2n) is 4.16. The predicted octanol–water partition coefficient (Wildman–Crippen LogP) is 4.11. The first kappa shape index (κ1) is 14.8. The van der Waals surface area contributed by atoms with Gasteiger partial charge in [0.1, 0.15) is 17.5 Å². The van der Waals surface area contributed by atoms with E-state index >= 15 is 0 Å². The molecule has 0 heterocycles. The van der Waals surface area contributed by atoms with E-state index in [-0.39, 0.29) is 5.56 Å². The van der Waals surface area contributed by atoms with Crippen molar-refractivity contribution >= 4 is 0 Å². The van der Waals surface area contributed by atoms with E-state index in [0.717, 1.165) is 6.42 Å². The first-order chi connectivity index (χ1) is 8.60. The van der Waals surface area contributed by atoms with E-state index in [1.807, 2.05) is 6.92 Å². The van der Waals surface area contributed by atoms with Crippen molar-refractivity contribution in [3.8, 4) is 0 Å². The number of hydrogen-bond acceptors (Lipinski definition) is 1. The van der Waals surface area contributed by atoms with Crippen LogP contribution in [-0.2, 0) is 0 Å². The zero-order valence-corrected chi connectivity index (χ0v) is 10.5. The summed E-state index contributed by atoms with van der Waals surface area (Å²) in [5, 5.41) is 3.07. The Morgan fingerprint density at radius 3 is 2.39 bits per heavy atom. The molecule has 1 aromatic rings. The third-order valence-corrected chi connectivity index (χ3v) is 2.69. The summed E-state index contributed by atoms with van der Waals surface area (Å²) >= 11 is 0. The number of nitrogens with one attached hydrogen (secondary N) is 1. The minimum absolute atomic E-state index is 0.0910. The highest BCUT2D eigenvalue weighted by Gasteiger charge is 2.20. The fourth-order valence-corrected chi connectivity index (χ4v) is 1.84. The fraction of sp³-hybridized carbons (Fsp3) is 0.429. The Balaban J connectivity index is 2.99. The number of allylic oxidation sites excluding steroid dienone is 1. The standard InChI is InChI=1S/C14H18F3N/c1-3-5-6-13(18-7-4-2)14-11(16)8-10(15)9-12(14)17/h3,8-9,13,18H,1,4-7H2,2H3. The van der Waals surface area contributed by atoms with E-state index in [9.17, 15) is 13.2 Å². The highest BCUT2D eigenvalue weighted by atomic mass is 19.1. The van der Waals surface area contributed by atoms with Gasteiger partial charge in [0.2, 0.25) is 0 Å². The number of hydrogen-bond donors (Lipinski definition) is 1. The molecule has 0 spiro atoms. The minimum Gasteiger partial charge on any atom is -0.310 e.